The number of benzene rings is 2. The molecule has 0 radical (unpaired) electrons. The summed E-state index contributed by atoms with van der Waals surface area (Å²) >= 11 is 5.91. The summed E-state index contributed by atoms with van der Waals surface area (Å²) in [6, 6.07) is 15.3. The van der Waals surface area contributed by atoms with Crippen LogP contribution in [0.15, 0.2) is 48.5 Å². The van der Waals surface area contributed by atoms with Crippen molar-refractivity contribution in [2.24, 2.45) is 0 Å². The lowest BCUT2D eigenvalue weighted by Gasteiger charge is -2.22. The molecule has 0 bridgehead atoms. The van der Waals surface area contributed by atoms with E-state index >= 15 is 0 Å². The number of carbonyl (C=O) groups is 1. The number of anilines is 1. The van der Waals surface area contributed by atoms with E-state index in [1.807, 2.05) is 24.3 Å². The largest absolute Gasteiger partial charge is 0.354 e. The number of sulfonamides is 1. The molecule has 1 N–H and O–H groups in total. The van der Waals surface area contributed by atoms with Crippen LogP contribution in [0.25, 0.3) is 0 Å². The Labute approximate surface area is 158 Å². The van der Waals surface area contributed by atoms with E-state index in [2.05, 4.69) is 5.32 Å². The highest BCUT2D eigenvalue weighted by molar-refractivity contribution is 7.92. The minimum atomic E-state index is -3.64. The number of hydrogen-bond acceptors (Lipinski definition) is 4. The monoisotopic (exact) mass is 391 g/mol. The lowest BCUT2D eigenvalue weighted by Crippen LogP contribution is -2.40. The van der Waals surface area contributed by atoms with E-state index in [1.54, 1.807) is 6.07 Å². The number of rotatable bonds is 7. The molecule has 0 aliphatic heterocycles. The van der Waals surface area contributed by atoms with Crippen molar-refractivity contribution >= 4 is 33.2 Å². The Morgan fingerprint density at radius 1 is 1.23 bits per heavy atom. The minimum absolute atomic E-state index is 0.330. The maximum absolute atomic E-state index is 12.2. The fourth-order valence-corrected chi connectivity index (χ4v) is 3.40. The number of nitrogens with one attached hydrogen (secondary N) is 1. The van der Waals surface area contributed by atoms with Gasteiger partial charge in [0.15, 0.2) is 0 Å². The van der Waals surface area contributed by atoms with Crippen LogP contribution in [0.3, 0.4) is 0 Å². The zero-order valence-corrected chi connectivity index (χ0v) is 15.7. The Balaban J connectivity index is 1.99. The zero-order chi connectivity index (χ0) is 19.2. The molecule has 0 unspecified atom stereocenters. The van der Waals surface area contributed by atoms with E-state index in [0.29, 0.717) is 29.2 Å². The standard InChI is InChI=1S/C18H18ClN3O3S/c1-26(24,25)22(17-7-5-15(12-20)6-8-17)13-18(23)21-10-9-14-3-2-4-16(19)11-14/h2-8,11H,9-10,13H2,1H3,(H,21,23). The van der Waals surface area contributed by atoms with Crippen LogP contribution in [0.5, 0.6) is 0 Å². The van der Waals surface area contributed by atoms with Gasteiger partial charge in [0.25, 0.3) is 0 Å². The van der Waals surface area contributed by atoms with Crippen molar-refractivity contribution in [2.75, 3.05) is 23.7 Å². The molecule has 8 heteroatoms. The van der Waals surface area contributed by atoms with Gasteiger partial charge in [-0.25, -0.2) is 8.42 Å². The van der Waals surface area contributed by atoms with Gasteiger partial charge in [-0.3, -0.25) is 9.10 Å². The Kier molecular flexibility index (Phi) is 6.61. The van der Waals surface area contributed by atoms with E-state index in [0.717, 1.165) is 16.1 Å². The van der Waals surface area contributed by atoms with Gasteiger partial charge in [0.05, 0.1) is 23.6 Å². The van der Waals surface area contributed by atoms with Gasteiger partial charge in [0, 0.05) is 11.6 Å². The third-order valence-electron chi connectivity index (χ3n) is 3.60. The number of halogens is 1. The fraction of sp³-hybridized carbons (Fsp3) is 0.222. The first-order valence-corrected chi connectivity index (χ1v) is 10.0. The van der Waals surface area contributed by atoms with Crippen LogP contribution < -0.4 is 9.62 Å². The maximum atomic E-state index is 12.2. The van der Waals surface area contributed by atoms with Crippen molar-refractivity contribution in [3.8, 4) is 6.07 Å². The Bertz CT molecular complexity index is 921. The van der Waals surface area contributed by atoms with Gasteiger partial charge < -0.3 is 5.32 Å². The molecule has 0 aliphatic rings. The average molecular weight is 392 g/mol. The SMILES string of the molecule is CS(=O)(=O)N(CC(=O)NCCc1cccc(Cl)c1)c1ccc(C#N)cc1. The number of nitriles is 1. The number of nitrogens with zero attached hydrogens (tertiary/aromatic N) is 2. The lowest BCUT2D eigenvalue weighted by molar-refractivity contribution is -0.119. The third-order valence-corrected chi connectivity index (χ3v) is 4.97. The van der Waals surface area contributed by atoms with Crippen LogP contribution >= 0.6 is 11.6 Å². The van der Waals surface area contributed by atoms with Gasteiger partial charge in [-0.15, -0.1) is 0 Å². The van der Waals surface area contributed by atoms with Crippen molar-refractivity contribution in [1.29, 1.82) is 5.26 Å². The average Bonchev–Trinajstić information content (AvgIpc) is 2.59. The molecule has 0 saturated carbocycles. The van der Waals surface area contributed by atoms with Crippen LogP contribution in [0.1, 0.15) is 11.1 Å². The predicted octanol–water partition coefficient (Wildman–Crippen LogP) is 2.34. The van der Waals surface area contributed by atoms with E-state index in [1.165, 1.54) is 24.3 Å². The molecule has 2 rings (SSSR count). The predicted molar refractivity (Wildman–Crippen MR) is 102 cm³/mol. The molecule has 26 heavy (non-hydrogen) atoms. The maximum Gasteiger partial charge on any atom is 0.240 e. The molecule has 0 saturated heterocycles. The summed E-state index contributed by atoms with van der Waals surface area (Å²) in [7, 11) is -3.64. The molecule has 0 fully saturated rings. The van der Waals surface area contributed by atoms with Crippen molar-refractivity contribution in [1.82, 2.24) is 5.32 Å². The van der Waals surface area contributed by atoms with E-state index in [9.17, 15) is 13.2 Å². The van der Waals surface area contributed by atoms with E-state index < -0.39 is 15.9 Å². The summed E-state index contributed by atoms with van der Waals surface area (Å²) in [6.45, 7) is 0.0322. The van der Waals surface area contributed by atoms with Crippen LogP contribution in [0.4, 0.5) is 5.69 Å². The highest BCUT2D eigenvalue weighted by Crippen LogP contribution is 2.18. The quantitative estimate of drug-likeness (QED) is 0.784. The molecule has 0 aromatic heterocycles. The molecule has 6 nitrogen and oxygen atoms in total. The van der Waals surface area contributed by atoms with Gasteiger partial charge in [-0.2, -0.15) is 5.26 Å². The lowest BCUT2D eigenvalue weighted by atomic mass is 10.1. The van der Waals surface area contributed by atoms with E-state index in [4.69, 9.17) is 16.9 Å². The molecule has 2 aromatic rings. The highest BCUT2D eigenvalue weighted by atomic mass is 35.5. The topological polar surface area (TPSA) is 90.3 Å². The summed E-state index contributed by atoms with van der Waals surface area (Å²) in [6.07, 6.45) is 1.62. The molecule has 2 aromatic carbocycles. The van der Waals surface area contributed by atoms with Crippen molar-refractivity contribution in [3.05, 3.63) is 64.7 Å². The fourth-order valence-electron chi connectivity index (χ4n) is 2.33. The smallest absolute Gasteiger partial charge is 0.240 e. The Morgan fingerprint density at radius 2 is 1.92 bits per heavy atom. The Hall–Kier alpha value is -2.56. The molecular weight excluding hydrogens is 374 g/mol. The normalized spacial score (nSPS) is 10.8. The van der Waals surface area contributed by atoms with E-state index in [-0.39, 0.29) is 6.54 Å². The summed E-state index contributed by atoms with van der Waals surface area (Å²) in [5.41, 5.74) is 1.72. The second-order valence-corrected chi connectivity index (χ2v) is 8.00. The van der Waals surface area contributed by atoms with Gasteiger partial charge in [-0.1, -0.05) is 23.7 Å². The van der Waals surface area contributed by atoms with Crippen molar-refractivity contribution in [2.45, 2.75) is 6.42 Å². The highest BCUT2D eigenvalue weighted by Gasteiger charge is 2.20. The summed E-state index contributed by atoms with van der Waals surface area (Å²) in [4.78, 5) is 12.2. The number of hydrogen-bond donors (Lipinski definition) is 1. The molecule has 0 spiro atoms. The third kappa shape index (κ3) is 5.76. The summed E-state index contributed by atoms with van der Waals surface area (Å²) in [5.74, 6) is -0.415. The zero-order valence-electron chi connectivity index (χ0n) is 14.1. The first-order chi connectivity index (χ1) is 12.3. The summed E-state index contributed by atoms with van der Waals surface area (Å²) in [5, 5.41) is 12.2. The van der Waals surface area contributed by atoms with Crippen LogP contribution in [0.2, 0.25) is 5.02 Å². The van der Waals surface area contributed by atoms with Crippen LogP contribution in [-0.4, -0.2) is 33.7 Å². The molecule has 136 valence electrons. The summed E-state index contributed by atoms with van der Waals surface area (Å²) < 4.78 is 25.0. The van der Waals surface area contributed by atoms with Gasteiger partial charge in [0.1, 0.15) is 6.54 Å². The minimum Gasteiger partial charge on any atom is -0.354 e. The van der Waals surface area contributed by atoms with Crippen molar-refractivity contribution < 1.29 is 13.2 Å². The number of amides is 1. The second-order valence-electron chi connectivity index (χ2n) is 5.66. The van der Waals surface area contributed by atoms with Gasteiger partial charge in [0.2, 0.25) is 15.9 Å². The van der Waals surface area contributed by atoms with Crippen LogP contribution in [0, 0.1) is 11.3 Å². The Morgan fingerprint density at radius 3 is 2.50 bits per heavy atom. The molecule has 0 heterocycles. The molecule has 0 atom stereocenters. The number of carbonyl (C=O) groups excluding carboxylic acids is 1. The molecular formula is C18H18ClN3O3S. The van der Waals surface area contributed by atoms with Crippen molar-refractivity contribution in [3.63, 3.8) is 0 Å². The van der Waals surface area contributed by atoms with Crippen LogP contribution in [-0.2, 0) is 21.2 Å². The molecule has 0 aliphatic carbocycles. The van der Waals surface area contributed by atoms with Gasteiger partial charge in [-0.05, 0) is 48.4 Å². The van der Waals surface area contributed by atoms with Gasteiger partial charge >= 0.3 is 0 Å². The molecule has 1 amide bonds. The second kappa shape index (κ2) is 8.70. The first-order valence-electron chi connectivity index (χ1n) is 7.78. The first kappa shape index (κ1) is 19.8.